The third-order valence-corrected chi connectivity index (χ3v) is 4.75. The minimum Gasteiger partial charge on any atom is -0.330 e. The number of rotatable bonds is 4. The molecule has 0 atom stereocenters. The number of hydrogen-bond acceptors (Lipinski definition) is 4. The maximum atomic E-state index is 6.17. The first-order chi connectivity index (χ1) is 10.6. The lowest BCUT2D eigenvalue weighted by molar-refractivity contribution is 1.01. The third-order valence-electron chi connectivity index (χ3n) is 2.95. The summed E-state index contributed by atoms with van der Waals surface area (Å²) in [5.74, 6) is 0. The summed E-state index contributed by atoms with van der Waals surface area (Å²) in [6.45, 7) is 0. The molecule has 0 saturated heterocycles. The molecule has 0 fully saturated rings. The molecular formula is C15H10Cl3N3S. The molecule has 1 N–H and O–H groups in total. The number of aromatic nitrogens is 2. The monoisotopic (exact) mass is 369 g/mol. The molecule has 0 bridgehead atoms. The molecule has 3 nitrogen and oxygen atoms in total. The van der Waals surface area contributed by atoms with Crippen LogP contribution < -0.4 is 5.32 Å². The standard InChI is InChI=1S/C15H10Cl3N3S/c16-9-4-6-10(7-5-9)19-15-21-20-14(22-15)8-11-12(17)2-1-3-13(11)18/h1-7H,8H2,(H,19,21). The van der Waals surface area contributed by atoms with Crippen LogP contribution in [0.1, 0.15) is 10.6 Å². The summed E-state index contributed by atoms with van der Waals surface area (Å²) in [5.41, 5.74) is 1.77. The Kier molecular flexibility index (Phi) is 4.84. The molecule has 0 spiro atoms. The number of nitrogens with zero attached hydrogens (tertiary/aromatic N) is 2. The van der Waals surface area contributed by atoms with Crippen LogP contribution in [0.5, 0.6) is 0 Å². The van der Waals surface area contributed by atoms with E-state index in [1.54, 1.807) is 0 Å². The highest BCUT2D eigenvalue weighted by atomic mass is 35.5. The van der Waals surface area contributed by atoms with E-state index in [9.17, 15) is 0 Å². The molecule has 1 heterocycles. The summed E-state index contributed by atoms with van der Waals surface area (Å²) < 4.78 is 0. The van der Waals surface area contributed by atoms with Crippen LogP contribution in [0.2, 0.25) is 15.1 Å². The molecule has 0 radical (unpaired) electrons. The van der Waals surface area contributed by atoms with E-state index in [-0.39, 0.29) is 0 Å². The van der Waals surface area contributed by atoms with Crippen molar-refractivity contribution in [3.05, 3.63) is 68.1 Å². The van der Waals surface area contributed by atoms with Crippen molar-refractivity contribution >= 4 is 57.0 Å². The van der Waals surface area contributed by atoms with Gasteiger partial charge in [0.2, 0.25) is 5.13 Å². The van der Waals surface area contributed by atoms with Crippen molar-refractivity contribution in [1.82, 2.24) is 10.2 Å². The van der Waals surface area contributed by atoms with Crippen molar-refractivity contribution < 1.29 is 0 Å². The van der Waals surface area contributed by atoms with Crippen LogP contribution in [-0.4, -0.2) is 10.2 Å². The van der Waals surface area contributed by atoms with E-state index >= 15 is 0 Å². The molecule has 0 aliphatic carbocycles. The summed E-state index contributed by atoms with van der Waals surface area (Å²) in [4.78, 5) is 0. The van der Waals surface area contributed by atoms with Crippen LogP contribution in [0.4, 0.5) is 10.8 Å². The maximum Gasteiger partial charge on any atom is 0.210 e. The van der Waals surface area contributed by atoms with Crippen LogP contribution in [0.25, 0.3) is 0 Å². The number of nitrogens with one attached hydrogen (secondary N) is 1. The number of halogens is 3. The van der Waals surface area contributed by atoms with Crippen molar-refractivity contribution in [2.45, 2.75) is 6.42 Å². The summed E-state index contributed by atoms with van der Waals surface area (Å²) >= 11 is 19.7. The normalized spacial score (nSPS) is 10.7. The fourth-order valence-electron chi connectivity index (χ4n) is 1.88. The lowest BCUT2D eigenvalue weighted by atomic mass is 10.1. The highest BCUT2D eigenvalue weighted by Crippen LogP contribution is 2.29. The van der Waals surface area contributed by atoms with Gasteiger partial charge in [0.25, 0.3) is 0 Å². The van der Waals surface area contributed by atoms with Crippen molar-refractivity contribution in [2.24, 2.45) is 0 Å². The molecule has 2 aromatic carbocycles. The van der Waals surface area contributed by atoms with Gasteiger partial charge in [-0.2, -0.15) is 0 Å². The van der Waals surface area contributed by atoms with Gasteiger partial charge in [-0.05, 0) is 42.0 Å². The lowest BCUT2D eigenvalue weighted by Crippen LogP contribution is -1.90. The zero-order valence-corrected chi connectivity index (χ0v) is 14.3. The summed E-state index contributed by atoms with van der Waals surface area (Å²) in [6, 6.07) is 12.8. The van der Waals surface area contributed by atoms with Gasteiger partial charge in [0.15, 0.2) is 0 Å². The van der Waals surface area contributed by atoms with Gasteiger partial charge in [0, 0.05) is 27.2 Å². The van der Waals surface area contributed by atoms with Gasteiger partial charge in [0.05, 0.1) is 0 Å². The smallest absolute Gasteiger partial charge is 0.210 e. The fraction of sp³-hybridized carbons (Fsp3) is 0.0667. The Morgan fingerprint density at radius 1 is 0.909 bits per heavy atom. The van der Waals surface area contributed by atoms with E-state index in [0.717, 1.165) is 16.3 Å². The highest BCUT2D eigenvalue weighted by Gasteiger charge is 2.11. The lowest BCUT2D eigenvalue weighted by Gasteiger charge is -2.03. The van der Waals surface area contributed by atoms with Crippen LogP contribution in [0.3, 0.4) is 0 Å². The molecule has 3 rings (SSSR count). The number of benzene rings is 2. The van der Waals surface area contributed by atoms with Crippen molar-refractivity contribution in [2.75, 3.05) is 5.32 Å². The second-order valence-corrected chi connectivity index (χ2v) is 6.82. The largest absolute Gasteiger partial charge is 0.330 e. The minimum absolute atomic E-state index is 0.554. The maximum absolute atomic E-state index is 6.17. The molecule has 3 aromatic rings. The van der Waals surface area contributed by atoms with E-state index in [0.29, 0.717) is 26.6 Å². The van der Waals surface area contributed by atoms with E-state index in [2.05, 4.69) is 15.5 Å². The Morgan fingerprint density at radius 3 is 2.27 bits per heavy atom. The predicted octanol–water partition coefficient (Wildman–Crippen LogP) is 5.83. The summed E-state index contributed by atoms with van der Waals surface area (Å²) in [7, 11) is 0. The quantitative estimate of drug-likeness (QED) is 0.627. The third kappa shape index (κ3) is 3.70. The van der Waals surface area contributed by atoms with E-state index in [4.69, 9.17) is 34.8 Å². The van der Waals surface area contributed by atoms with Crippen molar-refractivity contribution in [1.29, 1.82) is 0 Å². The van der Waals surface area contributed by atoms with Crippen molar-refractivity contribution in [3.8, 4) is 0 Å². The van der Waals surface area contributed by atoms with E-state index < -0.39 is 0 Å². The van der Waals surface area contributed by atoms with Gasteiger partial charge < -0.3 is 5.32 Å². The SMILES string of the molecule is Clc1ccc(Nc2nnc(Cc3c(Cl)cccc3Cl)s2)cc1. The number of anilines is 2. The molecule has 22 heavy (non-hydrogen) atoms. The molecule has 0 saturated carbocycles. The zero-order valence-electron chi connectivity index (χ0n) is 11.2. The Morgan fingerprint density at radius 2 is 1.59 bits per heavy atom. The summed E-state index contributed by atoms with van der Waals surface area (Å²) in [6.07, 6.45) is 0.554. The molecule has 7 heteroatoms. The first-order valence-electron chi connectivity index (χ1n) is 6.39. The van der Waals surface area contributed by atoms with Crippen LogP contribution >= 0.6 is 46.1 Å². The molecule has 112 valence electrons. The summed E-state index contributed by atoms with van der Waals surface area (Å²) in [5, 5.41) is 15.0. The van der Waals surface area contributed by atoms with E-state index in [1.165, 1.54) is 11.3 Å². The first-order valence-corrected chi connectivity index (χ1v) is 8.35. The zero-order chi connectivity index (χ0) is 15.5. The number of hydrogen-bond donors (Lipinski definition) is 1. The van der Waals surface area contributed by atoms with Crippen LogP contribution in [0, 0.1) is 0 Å². The van der Waals surface area contributed by atoms with Gasteiger partial charge in [-0.15, -0.1) is 10.2 Å². The van der Waals surface area contributed by atoms with Crippen LogP contribution in [-0.2, 0) is 6.42 Å². The Hall–Kier alpha value is -1.33. The van der Waals surface area contributed by atoms with Gasteiger partial charge in [-0.25, -0.2) is 0 Å². The molecule has 0 unspecified atom stereocenters. The van der Waals surface area contributed by atoms with Gasteiger partial charge in [0.1, 0.15) is 5.01 Å². The highest BCUT2D eigenvalue weighted by molar-refractivity contribution is 7.15. The van der Waals surface area contributed by atoms with Crippen molar-refractivity contribution in [3.63, 3.8) is 0 Å². The second kappa shape index (κ2) is 6.84. The molecule has 0 aliphatic rings. The molecule has 0 amide bonds. The van der Waals surface area contributed by atoms with E-state index in [1.807, 2.05) is 42.5 Å². The molecular weight excluding hydrogens is 361 g/mol. The average Bonchev–Trinajstić information content (AvgIpc) is 2.93. The first kappa shape index (κ1) is 15.6. The predicted molar refractivity (Wildman–Crippen MR) is 93.9 cm³/mol. The second-order valence-electron chi connectivity index (χ2n) is 4.51. The Bertz CT molecular complexity index is 767. The average molecular weight is 371 g/mol. The minimum atomic E-state index is 0.554. The molecule has 1 aromatic heterocycles. The van der Waals surface area contributed by atoms with Gasteiger partial charge in [-0.3, -0.25) is 0 Å². The van der Waals surface area contributed by atoms with Gasteiger partial charge in [-0.1, -0.05) is 52.2 Å². The Labute approximate surface area is 146 Å². The molecule has 0 aliphatic heterocycles. The van der Waals surface area contributed by atoms with Gasteiger partial charge >= 0.3 is 0 Å². The topological polar surface area (TPSA) is 37.8 Å². The fourth-order valence-corrected chi connectivity index (χ4v) is 3.31. The Balaban J connectivity index is 1.75. The van der Waals surface area contributed by atoms with Crippen LogP contribution in [0.15, 0.2) is 42.5 Å².